The van der Waals surface area contributed by atoms with Crippen molar-refractivity contribution in [3.8, 4) is 0 Å². The molecule has 3 heteroatoms. The van der Waals surface area contributed by atoms with Crippen molar-refractivity contribution in [1.29, 1.82) is 0 Å². The molecular weight excluding hydrogens is 224 g/mol. The Labute approximate surface area is 111 Å². The summed E-state index contributed by atoms with van der Waals surface area (Å²) in [6.45, 7) is 8.58. The van der Waals surface area contributed by atoms with Crippen LogP contribution in [-0.4, -0.2) is 31.3 Å². The van der Waals surface area contributed by atoms with E-state index in [1.807, 2.05) is 34.9 Å². The number of hydrogen-bond donors (Lipinski definition) is 2. The summed E-state index contributed by atoms with van der Waals surface area (Å²) in [7, 11) is 4.08. The van der Waals surface area contributed by atoms with Gasteiger partial charge < -0.3 is 15.3 Å². The van der Waals surface area contributed by atoms with Crippen LogP contribution >= 0.6 is 0 Å². The number of aryl methyl sites for hydroxylation is 1. The maximum atomic E-state index is 10.2. The molecule has 0 amide bonds. The quantitative estimate of drug-likeness (QED) is 0.843. The Morgan fingerprint density at radius 1 is 1.33 bits per heavy atom. The Bertz CT molecular complexity index is 397. The van der Waals surface area contributed by atoms with E-state index in [9.17, 15) is 5.11 Å². The van der Waals surface area contributed by atoms with Gasteiger partial charge in [-0.1, -0.05) is 19.9 Å². The number of hydrogen-bond acceptors (Lipinski definition) is 3. The van der Waals surface area contributed by atoms with Crippen LogP contribution in [0.25, 0.3) is 0 Å². The van der Waals surface area contributed by atoms with Gasteiger partial charge in [-0.05, 0) is 37.5 Å². The highest BCUT2D eigenvalue weighted by Gasteiger charge is 2.24. The van der Waals surface area contributed by atoms with Crippen molar-refractivity contribution in [3.05, 3.63) is 23.8 Å². The average molecular weight is 250 g/mol. The van der Waals surface area contributed by atoms with E-state index in [2.05, 4.69) is 35.3 Å². The molecule has 0 fully saturated rings. The molecule has 1 aromatic carbocycles. The van der Waals surface area contributed by atoms with Crippen LogP contribution in [0.15, 0.2) is 18.2 Å². The largest absolute Gasteiger partial charge is 0.388 e. The summed E-state index contributed by atoms with van der Waals surface area (Å²) in [5, 5.41) is 13.5. The van der Waals surface area contributed by atoms with Crippen LogP contribution in [0.4, 0.5) is 11.4 Å². The predicted octanol–water partition coefficient (Wildman–Crippen LogP) is 2.88. The summed E-state index contributed by atoms with van der Waals surface area (Å²) in [5.74, 6) is 0.226. The van der Waals surface area contributed by atoms with E-state index >= 15 is 0 Å². The smallest absolute Gasteiger partial charge is 0.0813 e. The Hall–Kier alpha value is -1.22. The van der Waals surface area contributed by atoms with Gasteiger partial charge in [-0.15, -0.1) is 0 Å². The van der Waals surface area contributed by atoms with Crippen molar-refractivity contribution in [2.45, 2.75) is 33.3 Å². The lowest BCUT2D eigenvalue weighted by atomic mass is 9.92. The standard InChI is InChI=1S/C15H26N2O/c1-11(2)15(4,18)10-16-13-8-7-12(3)14(9-13)17(5)6/h7-9,11,16,18H,10H2,1-6H3. The first kappa shape index (κ1) is 14.8. The maximum Gasteiger partial charge on any atom is 0.0813 e. The third-order valence-corrected chi connectivity index (χ3v) is 3.59. The molecule has 0 aliphatic rings. The van der Waals surface area contributed by atoms with Gasteiger partial charge in [0.25, 0.3) is 0 Å². The van der Waals surface area contributed by atoms with Crippen molar-refractivity contribution in [3.63, 3.8) is 0 Å². The predicted molar refractivity (Wildman–Crippen MR) is 79.5 cm³/mol. The Kier molecular flexibility index (Phi) is 4.63. The van der Waals surface area contributed by atoms with Crippen LogP contribution in [0.1, 0.15) is 26.3 Å². The zero-order valence-electron chi connectivity index (χ0n) is 12.4. The Balaban J connectivity index is 2.78. The lowest BCUT2D eigenvalue weighted by Gasteiger charge is -2.28. The minimum atomic E-state index is -0.691. The van der Waals surface area contributed by atoms with Crippen LogP contribution in [-0.2, 0) is 0 Å². The topological polar surface area (TPSA) is 35.5 Å². The summed E-state index contributed by atoms with van der Waals surface area (Å²) in [4.78, 5) is 2.10. The monoisotopic (exact) mass is 250 g/mol. The molecule has 1 rings (SSSR count). The van der Waals surface area contributed by atoms with Crippen molar-refractivity contribution < 1.29 is 5.11 Å². The summed E-state index contributed by atoms with van der Waals surface area (Å²) in [6.07, 6.45) is 0. The van der Waals surface area contributed by atoms with Crippen LogP contribution < -0.4 is 10.2 Å². The minimum Gasteiger partial charge on any atom is -0.388 e. The van der Waals surface area contributed by atoms with E-state index in [1.165, 1.54) is 11.3 Å². The summed E-state index contributed by atoms with van der Waals surface area (Å²) < 4.78 is 0. The van der Waals surface area contributed by atoms with Gasteiger partial charge in [-0.2, -0.15) is 0 Å². The van der Waals surface area contributed by atoms with Gasteiger partial charge in [0.2, 0.25) is 0 Å². The molecule has 3 nitrogen and oxygen atoms in total. The van der Waals surface area contributed by atoms with Crippen molar-refractivity contribution in [1.82, 2.24) is 0 Å². The van der Waals surface area contributed by atoms with Crippen LogP contribution in [0.5, 0.6) is 0 Å². The maximum absolute atomic E-state index is 10.2. The fourth-order valence-corrected chi connectivity index (χ4v) is 1.69. The third-order valence-electron chi connectivity index (χ3n) is 3.59. The third kappa shape index (κ3) is 3.64. The Morgan fingerprint density at radius 2 is 1.94 bits per heavy atom. The first-order valence-corrected chi connectivity index (χ1v) is 6.48. The number of aliphatic hydroxyl groups is 1. The van der Waals surface area contributed by atoms with Crippen LogP contribution in [0.2, 0.25) is 0 Å². The van der Waals surface area contributed by atoms with Crippen molar-refractivity contribution >= 4 is 11.4 Å². The van der Waals surface area contributed by atoms with Gasteiger partial charge >= 0.3 is 0 Å². The lowest BCUT2D eigenvalue weighted by Crippen LogP contribution is -2.38. The molecule has 0 saturated heterocycles. The molecule has 2 N–H and O–H groups in total. The minimum absolute atomic E-state index is 0.226. The molecular formula is C15H26N2O. The zero-order valence-corrected chi connectivity index (χ0v) is 12.4. The molecule has 0 bridgehead atoms. The van der Waals surface area contributed by atoms with Crippen molar-refractivity contribution in [2.24, 2.45) is 5.92 Å². The van der Waals surface area contributed by atoms with E-state index in [1.54, 1.807) is 0 Å². The number of rotatable bonds is 5. The molecule has 0 radical (unpaired) electrons. The number of nitrogens with one attached hydrogen (secondary N) is 1. The molecule has 0 aromatic heterocycles. The summed E-state index contributed by atoms with van der Waals surface area (Å²) >= 11 is 0. The van der Waals surface area contributed by atoms with E-state index in [0.29, 0.717) is 6.54 Å². The second kappa shape index (κ2) is 5.61. The zero-order chi connectivity index (χ0) is 13.9. The van der Waals surface area contributed by atoms with Gasteiger partial charge in [0.05, 0.1) is 5.60 Å². The van der Waals surface area contributed by atoms with Crippen LogP contribution in [0.3, 0.4) is 0 Å². The fraction of sp³-hybridized carbons (Fsp3) is 0.600. The number of anilines is 2. The highest BCUT2D eigenvalue weighted by Crippen LogP contribution is 2.24. The number of nitrogens with zero attached hydrogens (tertiary/aromatic N) is 1. The van der Waals surface area contributed by atoms with Gasteiger partial charge in [0.1, 0.15) is 0 Å². The number of benzene rings is 1. The average Bonchev–Trinajstić information content (AvgIpc) is 2.27. The molecule has 102 valence electrons. The molecule has 0 saturated carbocycles. The molecule has 1 atom stereocenters. The van der Waals surface area contributed by atoms with Gasteiger partial charge in [-0.25, -0.2) is 0 Å². The van der Waals surface area contributed by atoms with E-state index in [4.69, 9.17) is 0 Å². The van der Waals surface area contributed by atoms with E-state index in [-0.39, 0.29) is 5.92 Å². The molecule has 0 aliphatic carbocycles. The van der Waals surface area contributed by atoms with Gasteiger partial charge in [0, 0.05) is 32.0 Å². The molecule has 0 heterocycles. The Morgan fingerprint density at radius 3 is 2.44 bits per heavy atom. The molecule has 1 unspecified atom stereocenters. The lowest BCUT2D eigenvalue weighted by molar-refractivity contribution is 0.0266. The molecule has 1 aromatic rings. The van der Waals surface area contributed by atoms with E-state index in [0.717, 1.165) is 5.69 Å². The van der Waals surface area contributed by atoms with Gasteiger partial charge in [0.15, 0.2) is 0 Å². The molecule has 0 spiro atoms. The molecule has 18 heavy (non-hydrogen) atoms. The summed E-state index contributed by atoms with van der Waals surface area (Å²) in [6, 6.07) is 6.27. The van der Waals surface area contributed by atoms with E-state index < -0.39 is 5.60 Å². The first-order valence-electron chi connectivity index (χ1n) is 6.48. The summed E-state index contributed by atoms with van der Waals surface area (Å²) in [5.41, 5.74) is 2.80. The first-order chi connectivity index (χ1) is 8.24. The second-order valence-electron chi connectivity index (χ2n) is 5.76. The van der Waals surface area contributed by atoms with Crippen LogP contribution in [0, 0.1) is 12.8 Å². The highest BCUT2D eigenvalue weighted by molar-refractivity contribution is 5.61. The highest BCUT2D eigenvalue weighted by atomic mass is 16.3. The SMILES string of the molecule is Cc1ccc(NCC(C)(O)C(C)C)cc1N(C)C. The van der Waals surface area contributed by atoms with Gasteiger partial charge in [-0.3, -0.25) is 0 Å². The fourth-order valence-electron chi connectivity index (χ4n) is 1.69. The molecule has 0 aliphatic heterocycles. The normalized spacial score (nSPS) is 14.4. The second-order valence-corrected chi connectivity index (χ2v) is 5.76. The van der Waals surface area contributed by atoms with Crippen molar-refractivity contribution in [2.75, 3.05) is 30.9 Å².